The van der Waals surface area contributed by atoms with E-state index < -0.39 is 0 Å². The first-order chi connectivity index (χ1) is 10.1. The van der Waals surface area contributed by atoms with Crippen molar-refractivity contribution in [3.8, 4) is 5.75 Å². The number of carbonyl (C=O) groups excluding carboxylic acids is 2. The fourth-order valence-electron chi connectivity index (χ4n) is 1.93. The number of ether oxygens (including phenoxy) is 2. The highest BCUT2D eigenvalue weighted by molar-refractivity contribution is 6.46. The Morgan fingerprint density at radius 2 is 1.86 bits per heavy atom. The van der Waals surface area contributed by atoms with Crippen LogP contribution in [0.1, 0.15) is 10.4 Å². The SMILES string of the molecule is COc1ccc(C(=O)/C(Cl)=C/C(=O)N2CCOCC2)cc1. The van der Waals surface area contributed by atoms with Crippen molar-refractivity contribution in [3.05, 3.63) is 40.9 Å². The Morgan fingerprint density at radius 3 is 2.43 bits per heavy atom. The quantitative estimate of drug-likeness (QED) is 0.629. The van der Waals surface area contributed by atoms with Gasteiger partial charge in [-0.25, -0.2) is 0 Å². The summed E-state index contributed by atoms with van der Waals surface area (Å²) in [5, 5.41) is -0.100. The molecule has 0 aromatic heterocycles. The number of benzene rings is 1. The average Bonchev–Trinajstić information content (AvgIpc) is 2.55. The number of carbonyl (C=O) groups is 2. The molecule has 1 aromatic carbocycles. The number of morpholine rings is 1. The molecule has 5 nitrogen and oxygen atoms in total. The third-order valence-corrected chi connectivity index (χ3v) is 3.42. The lowest BCUT2D eigenvalue weighted by atomic mass is 10.1. The molecule has 0 radical (unpaired) electrons. The van der Waals surface area contributed by atoms with E-state index in [1.807, 2.05) is 0 Å². The van der Waals surface area contributed by atoms with Gasteiger partial charge in [0.15, 0.2) is 0 Å². The van der Waals surface area contributed by atoms with Crippen LogP contribution in [0.5, 0.6) is 5.75 Å². The van der Waals surface area contributed by atoms with E-state index in [-0.39, 0.29) is 16.7 Å². The summed E-state index contributed by atoms with van der Waals surface area (Å²) in [5.41, 5.74) is 0.409. The third kappa shape index (κ3) is 4.06. The first kappa shape index (κ1) is 15.5. The van der Waals surface area contributed by atoms with Crippen LogP contribution in [0.2, 0.25) is 0 Å². The van der Waals surface area contributed by atoms with Crippen LogP contribution in [0.4, 0.5) is 0 Å². The van der Waals surface area contributed by atoms with Crippen molar-refractivity contribution in [2.75, 3.05) is 33.4 Å². The summed E-state index contributed by atoms with van der Waals surface area (Å²) >= 11 is 5.96. The first-order valence-corrected chi connectivity index (χ1v) is 6.92. The van der Waals surface area contributed by atoms with Crippen LogP contribution in [-0.2, 0) is 9.53 Å². The van der Waals surface area contributed by atoms with Crippen molar-refractivity contribution in [1.82, 2.24) is 4.90 Å². The molecule has 0 bridgehead atoms. The molecule has 1 amide bonds. The highest BCUT2D eigenvalue weighted by atomic mass is 35.5. The van der Waals surface area contributed by atoms with Crippen LogP contribution in [0.3, 0.4) is 0 Å². The van der Waals surface area contributed by atoms with Gasteiger partial charge in [0.1, 0.15) is 5.75 Å². The van der Waals surface area contributed by atoms with E-state index in [2.05, 4.69) is 0 Å². The third-order valence-electron chi connectivity index (χ3n) is 3.14. The van der Waals surface area contributed by atoms with E-state index in [9.17, 15) is 9.59 Å². The lowest BCUT2D eigenvalue weighted by molar-refractivity contribution is -0.130. The van der Waals surface area contributed by atoms with Crippen LogP contribution < -0.4 is 4.74 Å². The summed E-state index contributed by atoms with van der Waals surface area (Å²) in [6, 6.07) is 6.55. The smallest absolute Gasteiger partial charge is 0.248 e. The van der Waals surface area contributed by atoms with Crippen molar-refractivity contribution in [2.45, 2.75) is 0 Å². The summed E-state index contributed by atoms with van der Waals surface area (Å²) in [7, 11) is 1.55. The van der Waals surface area contributed by atoms with Gasteiger partial charge in [-0.1, -0.05) is 11.6 Å². The molecule has 6 heteroatoms. The molecule has 21 heavy (non-hydrogen) atoms. The highest BCUT2D eigenvalue weighted by Crippen LogP contribution is 2.17. The fourth-order valence-corrected chi connectivity index (χ4v) is 2.13. The number of hydrogen-bond donors (Lipinski definition) is 0. The van der Waals surface area contributed by atoms with Crippen LogP contribution >= 0.6 is 11.6 Å². The van der Waals surface area contributed by atoms with Gasteiger partial charge in [-0.05, 0) is 24.3 Å². The minimum atomic E-state index is -0.388. The predicted octanol–water partition coefficient (Wildman–Crippen LogP) is 1.86. The monoisotopic (exact) mass is 309 g/mol. The second-order valence-corrected chi connectivity index (χ2v) is 4.89. The van der Waals surface area contributed by atoms with Crippen molar-refractivity contribution >= 4 is 23.3 Å². The zero-order chi connectivity index (χ0) is 15.2. The topological polar surface area (TPSA) is 55.8 Å². The van der Waals surface area contributed by atoms with Crippen molar-refractivity contribution < 1.29 is 19.1 Å². The normalized spacial score (nSPS) is 15.7. The average molecular weight is 310 g/mol. The number of rotatable bonds is 4. The summed E-state index contributed by atoms with van der Waals surface area (Å²) in [4.78, 5) is 25.7. The Bertz CT molecular complexity index is 547. The Kier molecular flexibility index (Phi) is 5.36. The number of hydrogen-bond acceptors (Lipinski definition) is 4. The summed E-state index contributed by atoms with van der Waals surface area (Å²) in [6.45, 7) is 2.03. The summed E-state index contributed by atoms with van der Waals surface area (Å²) < 4.78 is 10.2. The van der Waals surface area contributed by atoms with Crippen LogP contribution in [-0.4, -0.2) is 50.0 Å². The molecule has 0 spiro atoms. The predicted molar refractivity (Wildman–Crippen MR) is 78.7 cm³/mol. The molecular formula is C15H16ClNO4. The molecule has 1 saturated heterocycles. The Balaban J connectivity index is 2.06. The Labute approximate surface area is 128 Å². The van der Waals surface area contributed by atoms with Gasteiger partial charge in [0.05, 0.1) is 25.4 Å². The Hall–Kier alpha value is -1.85. The molecule has 0 aliphatic carbocycles. The molecule has 112 valence electrons. The second-order valence-electron chi connectivity index (χ2n) is 4.49. The maximum atomic E-state index is 12.1. The second kappa shape index (κ2) is 7.24. The summed E-state index contributed by atoms with van der Waals surface area (Å²) in [5.74, 6) is -0.0119. The van der Waals surface area contributed by atoms with Gasteiger partial charge < -0.3 is 14.4 Å². The molecule has 2 rings (SSSR count). The van der Waals surface area contributed by atoms with Gasteiger partial charge in [-0.15, -0.1) is 0 Å². The molecule has 0 N–H and O–H groups in total. The van der Waals surface area contributed by atoms with Crippen LogP contribution in [0, 0.1) is 0 Å². The maximum absolute atomic E-state index is 12.1. The number of ketones is 1. The number of Topliss-reactive ketones (excluding diaryl/α,β-unsaturated/α-hetero) is 1. The van der Waals surface area contributed by atoms with Crippen molar-refractivity contribution in [1.29, 1.82) is 0 Å². The fraction of sp³-hybridized carbons (Fsp3) is 0.333. The lowest BCUT2D eigenvalue weighted by Gasteiger charge is -2.25. The van der Waals surface area contributed by atoms with Crippen LogP contribution in [0.15, 0.2) is 35.4 Å². The van der Waals surface area contributed by atoms with Gasteiger partial charge in [0.25, 0.3) is 0 Å². The van der Waals surface area contributed by atoms with Crippen molar-refractivity contribution in [3.63, 3.8) is 0 Å². The zero-order valence-electron chi connectivity index (χ0n) is 11.7. The maximum Gasteiger partial charge on any atom is 0.248 e. The van der Waals surface area contributed by atoms with Crippen molar-refractivity contribution in [2.24, 2.45) is 0 Å². The van der Waals surface area contributed by atoms with Gasteiger partial charge in [-0.3, -0.25) is 9.59 Å². The lowest BCUT2D eigenvalue weighted by Crippen LogP contribution is -2.40. The number of methoxy groups -OCH3 is 1. The molecule has 1 aromatic rings. The number of allylic oxidation sites excluding steroid dienone is 1. The molecular weight excluding hydrogens is 294 g/mol. The van der Waals surface area contributed by atoms with Gasteiger partial charge in [-0.2, -0.15) is 0 Å². The van der Waals surface area contributed by atoms with Gasteiger partial charge in [0, 0.05) is 24.7 Å². The van der Waals surface area contributed by atoms with Gasteiger partial charge in [0.2, 0.25) is 11.7 Å². The summed E-state index contributed by atoms with van der Waals surface area (Å²) in [6.07, 6.45) is 1.17. The molecule has 1 aliphatic heterocycles. The van der Waals surface area contributed by atoms with Gasteiger partial charge >= 0.3 is 0 Å². The largest absolute Gasteiger partial charge is 0.497 e. The number of halogens is 1. The Morgan fingerprint density at radius 1 is 1.24 bits per heavy atom. The minimum Gasteiger partial charge on any atom is -0.497 e. The van der Waals surface area contributed by atoms with Crippen LogP contribution in [0.25, 0.3) is 0 Å². The number of amides is 1. The standard InChI is InChI=1S/C15H16ClNO4/c1-20-12-4-2-11(3-5-12)15(19)13(16)10-14(18)17-6-8-21-9-7-17/h2-5,10H,6-9H2,1H3/b13-10-. The van der Waals surface area contributed by atoms with E-state index in [4.69, 9.17) is 21.1 Å². The molecule has 1 heterocycles. The van der Waals surface area contributed by atoms with E-state index in [1.165, 1.54) is 6.08 Å². The first-order valence-electron chi connectivity index (χ1n) is 6.54. The zero-order valence-corrected chi connectivity index (χ0v) is 12.4. The number of nitrogens with zero attached hydrogens (tertiary/aromatic N) is 1. The molecule has 1 aliphatic rings. The van der Waals surface area contributed by atoms with E-state index in [1.54, 1.807) is 36.3 Å². The molecule has 0 unspecified atom stereocenters. The molecule has 1 fully saturated rings. The van der Waals surface area contributed by atoms with E-state index in [0.29, 0.717) is 37.6 Å². The molecule has 0 atom stereocenters. The van der Waals surface area contributed by atoms with E-state index in [0.717, 1.165) is 0 Å². The molecule has 0 saturated carbocycles. The highest BCUT2D eigenvalue weighted by Gasteiger charge is 2.18. The minimum absolute atomic E-state index is 0.100. The van der Waals surface area contributed by atoms with E-state index >= 15 is 0 Å².